The van der Waals surface area contributed by atoms with Crippen molar-refractivity contribution in [2.75, 3.05) is 24.4 Å². The van der Waals surface area contributed by atoms with E-state index in [-0.39, 0.29) is 6.17 Å². The maximum atomic E-state index is 8.72. The summed E-state index contributed by atoms with van der Waals surface area (Å²) in [6.07, 6.45) is 1.29. The van der Waals surface area contributed by atoms with Crippen LogP contribution in [0.3, 0.4) is 0 Å². The van der Waals surface area contributed by atoms with E-state index in [1.165, 1.54) is 0 Å². The van der Waals surface area contributed by atoms with Crippen molar-refractivity contribution < 1.29 is 13.9 Å². The van der Waals surface area contributed by atoms with E-state index in [4.69, 9.17) is 19.3 Å². The Labute approximate surface area is 151 Å². The van der Waals surface area contributed by atoms with Crippen molar-refractivity contribution in [3.05, 3.63) is 72.0 Å². The Kier molecular flexibility index (Phi) is 4.01. The molecule has 0 bridgehead atoms. The number of nitrogens with one attached hydrogen (secondary N) is 2. The third-order valence-electron chi connectivity index (χ3n) is 4.45. The van der Waals surface area contributed by atoms with Gasteiger partial charge in [-0.05, 0) is 48.0 Å². The van der Waals surface area contributed by atoms with Gasteiger partial charge in [0.05, 0.1) is 26.0 Å². The molecule has 6 heteroatoms. The number of furan rings is 1. The van der Waals surface area contributed by atoms with Crippen LogP contribution in [-0.4, -0.2) is 20.1 Å². The number of nitrogens with zero attached hydrogens (tertiary/aromatic N) is 1. The molecule has 132 valence electrons. The van der Waals surface area contributed by atoms with Crippen molar-refractivity contribution in [1.29, 1.82) is 5.41 Å². The zero-order valence-electron chi connectivity index (χ0n) is 14.5. The minimum atomic E-state index is -0.301. The SMILES string of the molecule is COc1ccc(N2C(=N)c3ccoc3NC2c2cccc(OC)c2)cc1. The minimum absolute atomic E-state index is 0.301. The number of rotatable bonds is 4. The van der Waals surface area contributed by atoms with E-state index in [2.05, 4.69) is 5.32 Å². The van der Waals surface area contributed by atoms with Crippen molar-refractivity contribution in [3.63, 3.8) is 0 Å². The summed E-state index contributed by atoms with van der Waals surface area (Å²) in [5.74, 6) is 2.49. The molecule has 1 aliphatic rings. The fourth-order valence-corrected chi connectivity index (χ4v) is 3.12. The molecule has 2 N–H and O–H groups in total. The Morgan fingerprint density at radius 3 is 2.50 bits per heavy atom. The molecule has 1 unspecified atom stereocenters. The van der Waals surface area contributed by atoms with E-state index in [9.17, 15) is 0 Å². The van der Waals surface area contributed by atoms with Crippen LogP contribution in [0.4, 0.5) is 11.6 Å². The second kappa shape index (κ2) is 6.48. The molecule has 0 saturated heterocycles. The maximum Gasteiger partial charge on any atom is 0.205 e. The molecule has 0 spiro atoms. The van der Waals surface area contributed by atoms with Crippen molar-refractivity contribution in [3.8, 4) is 11.5 Å². The van der Waals surface area contributed by atoms with Gasteiger partial charge in [0.25, 0.3) is 0 Å². The number of hydrogen-bond donors (Lipinski definition) is 2. The highest BCUT2D eigenvalue weighted by Gasteiger charge is 2.33. The molecular weight excluding hydrogens is 330 g/mol. The Morgan fingerprint density at radius 2 is 1.77 bits per heavy atom. The number of benzene rings is 2. The predicted molar refractivity (Wildman–Crippen MR) is 100 cm³/mol. The van der Waals surface area contributed by atoms with Crippen molar-refractivity contribution in [2.45, 2.75) is 6.17 Å². The maximum absolute atomic E-state index is 8.72. The fourth-order valence-electron chi connectivity index (χ4n) is 3.12. The lowest BCUT2D eigenvalue weighted by molar-refractivity contribution is 0.414. The smallest absolute Gasteiger partial charge is 0.205 e. The van der Waals surface area contributed by atoms with Gasteiger partial charge in [-0.2, -0.15) is 0 Å². The van der Waals surface area contributed by atoms with Crippen molar-refractivity contribution in [2.24, 2.45) is 0 Å². The van der Waals surface area contributed by atoms with E-state index in [0.717, 1.165) is 28.3 Å². The summed E-state index contributed by atoms with van der Waals surface area (Å²) in [7, 11) is 3.28. The van der Waals surface area contributed by atoms with Crippen LogP contribution in [0.15, 0.2) is 65.3 Å². The lowest BCUT2D eigenvalue weighted by atomic mass is 10.1. The zero-order chi connectivity index (χ0) is 18.1. The van der Waals surface area contributed by atoms with E-state index < -0.39 is 0 Å². The summed E-state index contributed by atoms with van der Waals surface area (Å²) in [5.41, 5.74) is 2.56. The quantitative estimate of drug-likeness (QED) is 0.737. The van der Waals surface area contributed by atoms with Crippen LogP contribution in [0.5, 0.6) is 11.5 Å². The Bertz CT molecular complexity index is 933. The summed E-state index contributed by atoms with van der Waals surface area (Å²) in [4.78, 5) is 1.92. The lowest BCUT2D eigenvalue weighted by Gasteiger charge is -2.38. The largest absolute Gasteiger partial charge is 0.497 e. The molecule has 2 heterocycles. The van der Waals surface area contributed by atoms with E-state index in [0.29, 0.717) is 11.7 Å². The third kappa shape index (κ3) is 2.65. The normalized spacial score (nSPS) is 16.0. The first-order valence-electron chi connectivity index (χ1n) is 8.21. The number of hydrogen-bond acceptors (Lipinski definition) is 5. The molecule has 2 aromatic carbocycles. The molecule has 1 atom stereocenters. The molecule has 0 fully saturated rings. The van der Waals surface area contributed by atoms with Gasteiger partial charge in [-0.15, -0.1) is 0 Å². The first-order valence-corrected chi connectivity index (χ1v) is 8.21. The summed E-state index contributed by atoms with van der Waals surface area (Å²) < 4.78 is 16.1. The standard InChI is InChI=1S/C20H19N3O3/c1-24-15-8-6-14(7-9-15)23-18(21)17-10-11-26-20(17)22-19(23)13-4-3-5-16(12-13)25-2/h3-12,19,21-22H,1-2H3. The van der Waals surface area contributed by atoms with Gasteiger partial charge in [-0.3, -0.25) is 5.41 Å². The molecule has 0 radical (unpaired) electrons. The van der Waals surface area contributed by atoms with Crippen molar-refractivity contribution >= 4 is 17.4 Å². The molecule has 0 saturated carbocycles. The molecule has 0 aliphatic carbocycles. The molecule has 4 rings (SSSR count). The highest BCUT2D eigenvalue weighted by Crippen LogP contribution is 2.38. The molecule has 1 aliphatic heterocycles. The van der Waals surface area contributed by atoms with Crippen LogP contribution < -0.4 is 19.7 Å². The van der Waals surface area contributed by atoms with Crippen LogP contribution in [0.25, 0.3) is 0 Å². The van der Waals surface area contributed by atoms with Gasteiger partial charge >= 0.3 is 0 Å². The monoisotopic (exact) mass is 349 g/mol. The predicted octanol–water partition coefficient (Wildman–Crippen LogP) is 4.25. The van der Waals surface area contributed by atoms with Crippen LogP contribution in [0.2, 0.25) is 0 Å². The summed E-state index contributed by atoms with van der Waals surface area (Å²) >= 11 is 0. The first-order chi connectivity index (χ1) is 12.7. The Morgan fingerprint density at radius 1 is 1.00 bits per heavy atom. The van der Waals surface area contributed by atoms with Gasteiger partial charge < -0.3 is 24.1 Å². The minimum Gasteiger partial charge on any atom is -0.497 e. The van der Waals surface area contributed by atoms with Gasteiger partial charge in [0.15, 0.2) is 0 Å². The van der Waals surface area contributed by atoms with Gasteiger partial charge in [0, 0.05) is 5.69 Å². The summed E-state index contributed by atoms with van der Waals surface area (Å²) in [6.45, 7) is 0. The highest BCUT2D eigenvalue weighted by molar-refractivity contribution is 6.12. The van der Waals surface area contributed by atoms with E-state index in [1.807, 2.05) is 53.4 Å². The van der Waals surface area contributed by atoms with Crippen LogP contribution in [0, 0.1) is 5.41 Å². The van der Waals surface area contributed by atoms with Crippen molar-refractivity contribution in [1.82, 2.24) is 0 Å². The Balaban J connectivity index is 1.81. The third-order valence-corrected chi connectivity index (χ3v) is 4.45. The molecule has 1 aromatic heterocycles. The molecular formula is C20H19N3O3. The summed E-state index contributed by atoms with van der Waals surface area (Å²) in [5, 5.41) is 12.1. The summed E-state index contributed by atoms with van der Waals surface area (Å²) in [6, 6.07) is 17.2. The van der Waals surface area contributed by atoms with Crippen LogP contribution in [0.1, 0.15) is 17.3 Å². The van der Waals surface area contributed by atoms with Gasteiger partial charge in [-0.1, -0.05) is 12.1 Å². The zero-order valence-corrected chi connectivity index (χ0v) is 14.5. The number of methoxy groups -OCH3 is 2. The van der Waals surface area contributed by atoms with Crippen LogP contribution >= 0.6 is 0 Å². The average molecular weight is 349 g/mol. The van der Waals surface area contributed by atoms with E-state index >= 15 is 0 Å². The average Bonchev–Trinajstić information content (AvgIpc) is 3.17. The van der Waals surface area contributed by atoms with Crippen LogP contribution in [-0.2, 0) is 0 Å². The van der Waals surface area contributed by atoms with Gasteiger partial charge in [0.1, 0.15) is 23.5 Å². The second-order valence-corrected chi connectivity index (χ2v) is 5.90. The van der Waals surface area contributed by atoms with Gasteiger partial charge in [0.2, 0.25) is 5.88 Å². The van der Waals surface area contributed by atoms with Gasteiger partial charge in [-0.25, -0.2) is 0 Å². The highest BCUT2D eigenvalue weighted by atomic mass is 16.5. The number of amidine groups is 1. The number of anilines is 2. The molecule has 3 aromatic rings. The second-order valence-electron chi connectivity index (χ2n) is 5.90. The number of fused-ring (bicyclic) bond motifs is 1. The van der Waals surface area contributed by atoms with E-state index in [1.54, 1.807) is 26.5 Å². The molecule has 26 heavy (non-hydrogen) atoms. The topological polar surface area (TPSA) is 70.7 Å². The lowest BCUT2D eigenvalue weighted by Crippen LogP contribution is -2.42. The molecule has 0 amide bonds. The number of ether oxygens (including phenoxy) is 2. The Hall–Kier alpha value is -3.41. The first kappa shape index (κ1) is 16.1. The molecule has 6 nitrogen and oxygen atoms in total. The fraction of sp³-hybridized carbons (Fsp3) is 0.150.